The molecule has 0 aliphatic carbocycles. The second-order valence-corrected chi connectivity index (χ2v) is 4.69. The number of hydrogen-bond donors (Lipinski definition) is 2. The molecule has 6 heteroatoms. The molecule has 0 aliphatic heterocycles. The van der Waals surface area contributed by atoms with Crippen LogP contribution in [0.5, 0.6) is 0 Å². The van der Waals surface area contributed by atoms with E-state index in [2.05, 4.69) is 5.32 Å². The zero-order valence-electron chi connectivity index (χ0n) is 12.2. The Balaban J connectivity index is 2.24. The predicted molar refractivity (Wildman–Crippen MR) is 76.5 cm³/mol. The van der Waals surface area contributed by atoms with Crippen molar-refractivity contribution in [1.82, 2.24) is 5.32 Å². The minimum Gasteiger partial charge on any atom is -0.466 e. The van der Waals surface area contributed by atoms with E-state index in [9.17, 15) is 14.7 Å². The number of benzene rings is 1. The molecule has 1 aromatic rings. The van der Waals surface area contributed by atoms with Gasteiger partial charge in [-0.05, 0) is 12.5 Å². The van der Waals surface area contributed by atoms with E-state index in [4.69, 9.17) is 9.47 Å². The molecule has 2 unspecified atom stereocenters. The maximum atomic E-state index is 11.6. The first-order chi connectivity index (χ1) is 9.99. The molecule has 21 heavy (non-hydrogen) atoms. The van der Waals surface area contributed by atoms with Gasteiger partial charge in [0.05, 0.1) is 18.8 Å². The highest BCUT2D eigenvalue weighted by molar-refractivity contribution is 5.67. The number of rotatable bonds is 7. The molecule has 0 aromatic heterocycles. The first kappa shape index (κ1) is 17.0. The average molecular weight is 295 g/mol. The lowest BCUT2D eigenvalue weighted by atomic mass is 10.1. The molecule has 0 radical (unpaired) electrons. The molecule has 0 saturated carbocycles. The van der Waals surface area contributed by atoms with Crippen LogP contribution >= 0.6 is 0 Å². The van der Waals surface area contributed by atoms with Gasteiger partial charge >= 0.3 is 12.1 Å². The number of esters is 1. The molecular weight excluding hydrogens is 274 g/mol. The summed E-state index contributed by atoms with van der Waals surface area (Å²) in [7, 11) is 0. The van der Waals surface area contributed by atoms with Gasteiger partial charge in [0.15, 0.2) is 0 Å². The fraction of sp³-hybridized carbons (Fsp3) is 0.467. The monoisotopic (exact) mass is 295 g/mol. The molecule has 0 aliphatic rings. The van der Waals surface area contributed by atoms with Crippen molar-refractivity contribution >= 4 is 12.1 Å². The van der Waals surface area contributed by atoms with Crippen molar-refractivity contribution in [3.8, 4) is 0 Å². The molecule has 0 bridgehead atoms. The number of aliphatic hydroxyl groups is 1. The number of hydrogen-bond acceptors (Lipinski definition) is 5. The Morgan fingerprint density at radius 2 is 1.90 bits per heavy atom. The molecule has 2 N–H and O–H groups in total. The van der Waals surface area contributed by atoms with Gasteiger partial charge in [-0.2, -0.15) is 0 Å². The second-order valence-electron chi connectivity index (χ2n) is 4.69. The molecule has 0 heterocycles. The number of amides is 1. The first-order valence-electron chi connectivity index (χ1n) is 6.77. The maximum absolute atomic E-state index is 11.6. The van der Waals surface area contributed by atoms with Crippen molar-refractivity contribution in [3.05, 3.63) is 35.9 Å². The molecule has 1 amide bonds. The van der Waals surface area contributed by atoms with Crippen LogP contribution in [0.1, 0.15) is 25.8 Å². The number of carbonyl (C=O) groups is 2. The fourth-order valence-corrected chi connectivity index (χ4v) is 1.62. The minimum absolute atomic E-state index is 0.113. The Morgan fingerprint density at radius 1 is 1.24 bits per heavy atom. The van der Waals surface area contributed by atoms with E-state index in [1.54, 1.807) is 6.92 Å². The van der Waals surface area contributed by atoms with E-state index in [0.29, 0.717) is 0 Å². The molecule has 1 aromatic carbocycles. The molecule has 1 rings (SSSR count). The number of alkyl carbamates (subject to hydrolysis) is 1. The van der Waals surface area contributed by atoms with Crippen LogP contribution in [0.3, 0.4) is 0 Å². The van der Waals surface area contributed by atoms with Crippen LogP contribution in [0.4, 0.5) is 4.79 Å². The molecule has 116 valence electrons. The van der Waals surface area contributed by atoms with Crippen LogP contribution in [0.25, 0.3) is 0 Å². The molecular formula is C15H21NO5. The van der Waals surface area contributed by atoms with Crippen LogP contribution in [-0.4, -0.2) is 35.9 Å². The lowest BCUT2D eigenvalue weighted by Crippen LogP contribution is -2.41. The highest BCUT2D eigenvalue weighted by atomic mass is 16.5. The van der Waals surface area contributed by atoms with Crippen LogP contribution in [0.15, 0.2) is 30.3 Å². The highest BCUT2D eigenvalue weighted by Crippen LogP contribution is 2.03. The summed E-state index contributed by atoms with van der Waals surface area (Å²) in [5.41, 5.74) is 0.885. The summed E-state index contributed by atoms with van der Waals surface area (Å²) >= 11 is 0. The summed E-state index contributed by atoms with van der Waals surface area (Å²) in [5, 5.41) is 12.3. The Hall–Kier alpha value is -2.08. The summed E-state index contributed by atoms with van der Waals surface area (Å²) in [5.74, 6) is -0.398. The van der Waals surface area contributed by atoms with Crippen molar-refractivity contribution in [2.24, 2.45) is 0 Å². The van der Waals surface area contributed by atoms with Crippen LogP contribution in [-0.2, 0) is 20.9 Å². The Labute approximate surface area is 124 Å². The smallest absolute Gasteiger partial charge is 0.407 e. The number of ether oxygens (including phenoxy) is 2. The van der Waals surface area contributed by atoms with Gasteiger partial charge in [-0.3, -0.25) is 4.79 Å². The lowest BCUT2D eigenvalue weighted by Gasteiger charge is -2.19. The van der Waals surface area contributed by atoms with E-state index in [-0.39, 0.29) is 19.6 Å². The summed E-state index contributed by atoms with van der Waals surface area (Å²) < 4.78 is 9.78. The van der Waals surface area contributed by atoms with Crippen molar-refractivity contribution < 1.29 is 24.2 Å². The van der Waals surface area contributed by atoms with Gasteiger partial charge in [-0.1, -0.05) is 30.3 Å². The lowest BCUT2D eigenvalue weighted by molar-refractivity contribution is -0.141. The molecule has 6 nitrogen and oxygen atoms in total. The van der Waals surface area contributed by atoms with Gasteiger partial charge in [-0.15, -0.1) is 0 Å². The number of aliphatic hydroxyl groups excluding tert-OH is 1. The highest BCUT2D eigenvalue weighted by Gasteiger charge is 2.17. The SMILES string of the molecule is CC(=O)OCCC(O)C(C)NC(=O)OCc1ccccc1. The van der Waals surface area contributed by atoms with Gasteiger partial charge in [0, 0.05) is 13.3 Å². The Morgan fingerprint density at radius 3 is 2.52 bits per heavy atom. The van der Waals surface area contributed by atoms with E-state index < -0.39 is 24.2 Å². The normalized spacial score (nSPS) is 13.1. The fourth-order valence-electron chi connectivity index (χ4n) is 1.62. The van der Waals surface area contributed by atoms with Crippen molar-refractivity contribution in [2.45, 2.75) is 39.0 Å². The zero-order valence-corrected chi connectivity index (χ0v) is 12.2. The molecule has 0 fully saturated rings. The summed E-state index contributed by atoms with van der Waals surface area (Å²) in [6.45, 7) is 3.24. The standard InChI is InChI=1S/C15H21NO5/c1-11(14(18)8-9-20-12(2)17)16-15(19)21-10-13-6-4-3-5-7-13/h3-7,11,14,18H,8-10H2,1-2H3,(H,16,19). The van der Waals surface area contributed by atoms with Gasteiger partial charge < -0.3 is 19.9 Å². The van der Waals surface area contributed by atoms with Crippen LogP contribution in [0, 0.1) is 0 Å². The number of carbonyl (C=O) groups excluding carboxylic acids is 2. The van der Waals surface area contributed by atoms with Crippen molar-refractivity contribution in [2.75, 3.05) is 6.61 Å². The van der Waals surface area contributed by atoms with Gasteiger partial charge in [0.25, 0.3) is 0 Å². The third kappa shape index (κ3) is 7.31. The van der Waals surface area contributed by atoms with E-state index in [0.717, 1.165) is 5.56 Å². The van der Waals surface area contributed by atoms with Crippen LogP contribution < -0.4 is 5.32 Å². The van der Waals surface area contributed by atoms with Gasteiger partial charge in [-0.25, -0.2) is 4.79 Å². The molecule has 0 saturated heterocycles. The zero-order chi connectivity index (χ0) is 15.7. The summed E-state index contributed by atoms with van der Waals surface area (Å²) in [4.78, 5) is 22.2. The second kappa shape index (κ2) is 8.97. The molecule has 0 spiro atoms. The largest absolute Gasteiger partial charge is 0.466 e. The van der Waals surface area contributed by atoms with E-state index >= 15 is 0 Å². The summed E-state index contributed by atoms with van der Waals surface area (Å²) in [6, 6.07) is 8.81. The topological polar surface area (TPSA) is 84.9 Å². The maximum Gasteiger partial charge on any atom is 0.407 e. The Bertz CT molecular complexity index is 449. The minimum atomic E-state index is -0.811. The predicted octanol–water partition coefficient (Wildman–Crippen LogP) is 1.62. The summed E-state index contributed by atoms with van der Waals surface area (Å²) in [6.07, 6.45) is -1.16. The third-order valence-corrected chi connectivity index (χ3v) is 2.85. The van der Waals surface area contributed by atoms with Gasteiger partial charge in [0.2, 0.25) is 0 Å². The average Bonchev–Trinajstić information content (AvgIpc) is 2.45. The van der Waals surface area contributed by atoms with Gasteiger partial charge in [0.1, 0.15) is 6.61 Å². The third-order valence-electron chi connectivity index (χ3n) is 2.85. The van der Waals surface area contributed by atoms with Crippen LogP contribution in [0.2, 0.25) is 0 Å². The van der Waals surface area contributed by atoms with Crippen molar-refractivity contribution in [3.63, 3.8) is 0 Å². The molecule has 2 atom stereocenters. The van der Waals surface area contributed by atoms with Crippen molar-refractivity contribution in [1.29, 1.82) is 0 Å². The Kier molecular flexibility index (Phi) is 7.25. The quantitative estimate of drug-likeness (QED) is 0.747. The number of nitrogens with one attached hydrogen (secondary N) is 1. The van der Waals surface area contributed by atoms with E-state index in [1.165, 1.54) is 6.92 Å². The van der Waals surface area contributed by atoms with E-state index in [1.807, 2.05) is 30.3 Å². The first-order valence-corrected chi connectivity index (χ1v) is 6.77.